The van der Waals surface area contributed by atoms with E-state index in [1.54, 1.807) is 12.1 Å². The summed E-state index contributed by atoms with van der Waals surface area (Å²) in [5.41, 5.74) is 7.09. The number of nitrogen functional groups attached to an aromatic ring is 1. The number of aryl methyl sites for hydroxylation is 2. The van der Waals surface area contributed by atoms with Crippen molar-refractivity contribution in [1.29, 1.82) is 0 Å². The van der Waals surface area contributed by atoms with Crippen molar-refractivity contribution in [3.8, 4) is 5.75 Å². The van der Waals surface area contributed by atoms with E-state index < -0.39 is 0 Å². The van der Waals surface area contributed by atoms with Crippen LogP contribution in [0.5, 0.6) is 5.75 Å². The molecule has 0 heterocycles. The van der Waals surface area contributed by atoms with Crippen molar-refractivity contribution in [2.75, 3.05) is 0 Å². The van der Waals surface area contributed by atoms with Crippen LogP contribution < -0.4 is 16.0 Å². The summed E-state index contributed by atoms with van der Waals surface area (Å²) in [5, 5.41) is 0. The molecule has 110 valence electrons. The van der Waals surface area contributed by atoms with Crippen LogP contribution in [-0.4, -0.2) is 5.91 Å². The lowest BCUT2D eigenvalue weighted by Crippen LogP contribution is -2.30. The van der Waals surface area contributed by atoms with E-state index in [2.05, 4.69) is 18.4 Å². The molecule has 4 heteroatoms. The number of benzene rings is 2. The molecule has 21 heavy (non-hydrogen) atoms. The summed E-state index contributed by atoms with van der Waals surface area (Å²) in [5.74, 6) is 5.71. The number of carbonyl (C=O) groups is 1. The van der Waals surface area contributed by atoms with E-state index in [1.165, 1.54) is 11.1 Å². The average Bonchev–Trinajstić information content (AvgIpc) is 2.49. The molecule has 4 nitrogen and oxygen atoms in total. The van der Waals surface area contributed by atoms with Crippen LogP contribution in [0, 0.1) is 20.8 Å². The summed E-state index contributed by atoms with van der Waals surface area (Å²) in [6.07, 6.45) is 0. The topological polar surface area (TPSA) is 64.3 Å². The van der Waals surface area contributed by atoms with E-state index in [0.717, 1.165) is 16.9 Å². The van der Waals surface area contributed by atoms with Crippen molar-refractivity contribution in [3.05, 3.63) is 64.2 Å². The first kappa shape index (κ1) is 15.1. The molecule has 1 amide bonds. The first-order chi connectivity index (χ1) is 10.0. The van der Waals surface area contributed by atoms with Crippen molar-refractivity contribution in [3.63, 3.8) is 0 Å². The van der Waals surface area contributed by atoms with Gasteiger partial charge in [0.2, 0.25) is 0 Å². The fraction of sp³-hybridized carbons (Fsp3) is 0.235. The highest BCUT2D eigenvalue weighted by molar-refractivity contribution is 5.93. The normalized spacial score (nSPS) is 10.3. The van der Waals surface area contributed by atoms with Gasteiger partial charge in [-0.2, -0.15) is 0 Å². The predicted molar refractivity (Wildman–Crippen MR) is 83.1 cm³/mol. The van der Waals surface area contributed by atoms with E-state index >= 15 is 0 Å². The number of hydrogen-bond acceptors (Lipinski definition) is 3. The highest BCUT2D eigenvalue weighted by Gasteiger charge is 2.07. The number of hydrogen-bond donors (Lipinski definition) is 2. The summed E-state index contributed by atoms with van der Waals surface area (Å²) in [6.45, 7) is 6.57. The lowest BCUT2D eigenvalue weighted by molar-refractivity contribution is 0.0953. The molecule has 0 saturated heterocycles. The molecule has 3 N–H and O–H groups in total. The van der Waals surface area contributed by atoms with Crippen LogP contribution in [0.3, 0.4) is 0 Å². The fourth-order valence-corrected chi connectivity index (χ4v) is 2.20. The second-order valence-electron chi connectivity index (χ2n) is 5.17. The monoisotopic (exact) mass is 284 g/mol. The molecule has 0 unspecified atom stereocenters. The maximum atomic E-state index is 11.5. The van der Waals surface area contributed by atoms with Gasteiger partial charge in [-0.25, -0.2) is 5.84 Å². The third kappa shape index (κ3) is 3.61. The first-order valence-corrected chi connectivity index (χ1v) is 6.82. The molecule has 2 aromatic carbocycles. The smallest absolute Gasteiger partial charge is 0.265 e. The zero-order valence-electron chi connectivity index (χ0n) is 12.6. The minimum atomic E-state index is -0.306. The molecule has 0 aliphatic rings. The Labute approximate surface area is 124 Å². The van der Waals surface area contributed by atoms with Gasteiger partial charge in [-0.3, -0.25) is 10.2 Å². The summed E-state index contributed by atoms with van der Waals surface area (Å²) < 4.78 is 5.89. The van der Waals surface area contributed by atoms with Gasteiger partial charge >= 0.3 is 0 Å². The van der Waals surface area contributed by atoms with Crippen molar-refractivity contribution in [2.45, 2.75) is 27.4 Å². The van der Waals surface area contributed by atoms with Crippen LogP contribution in [0.25, 0.3) is 0 Å². The van der Waals surface area contributed by atoms with Crippen LogP contribution in [-0.2, 0) is 6.61 Å². The van der Waals surface area contributed by atoms with Gasteiger partial charge in [-0.1, -0.05) is 18.2 Å². The Bertz CT molecular complexity index is 666. The average molecular weight is 284 g/mol. The summed E-state index contributed by atoms with van der Waals surface area (Å²) >= 11 is 0. The highest BCUT2D eigenvalue weighted by atomic mass is 16.5. The Morgan fingerprint density at radius 1 is 1.19 bits per heavy atom. The molecule has 2 aromatic rings. The molecule has 0 aliphatic heterocycles. The van der Waals surface area contributed by atoms with Crippen molar-refractivity contribution >= 4 is 5.91 Å². The van der Waals surface area contributed by atoms with Crippen molar-refractivity contribution < 1.29 is 9.53 Å². The second-order valence-corrected chi connectivity index (χ2v) is 5.17. The molecule has 0 fully saturated rings. The largest absolute Gasteiger partial charge is 0.489 e. The molecule has 0 spiro atoms. The van der Waals surface area contributed by atoms with Crippen LogP contribution in [0.15, 0.2) is 36.4 Å². The van der Waals surface area contributed by atoms with Gasteiger partial charge < -0.3 is 4.74 Å². The first-order valence-electron chi connectivity index (χ1n) is 6.82. The van der Waals surface area contributed by atoms with Crippen LogP contribution in [0.2, 0.25) is 0 Å². The minimum absolute atomic E-state index is 0.306. The number of nitrogens with two attached hydrogens (primary N) is 1. The highest BCUT2D eigenvalue weighted by Crippen LogP contribution is 2.24. The number of ether oxygens (including phenoxy) is 1. The van der Waals surface area contributed by atoms with Crippen LogP contribution in [0.1, 0.15) is 32.6 Å². The Morgan fingerprint density at radius 3 is 2.67 bits per heavy atom. The molecule has 2 rings (SSSR count). The minimum Gasteiger partial charge on any atom is -0.489 e. The maximum Gasteiger partial charge on any atom is 0.265 e. The van der Waals surface area contributed by atoms with Crippen molar-refractivity contribution in [1.82, 2.24) is 5.43 Å². The molecular formula is C17H20N2O2. The lowest BCUT2D eigenvalue weighted by Gasteiger charge is -2.13. The molecule has 0 saturated carbocycles. The quantitative estimate of drug-likeness (QED) is 0.515. The summed E-state index contributed by atoms with van der Waals surface area (Å²) in [4.78, 5) is 11.5. The van der Waals surface area contributed by atoms with E-state index in [1.807, 2.05) is 32.0 Å². The Balaban J connectivity index is 2.15. The standard InChI is InChI=1S/C17H20N2O2/c1-11-7-12(2)13(3)16(8-11)21-10-14-5-4-6-15(9-14)17(20)19-18/h4-9H,10,18H2,1-3H3,(H,19,20). The Hall–Kier alpha value is -2.33. The molecule has 0 atom stereocenters. The van der Waals surface area contributed by atoms with E-state index in [4.69, 9.17) is 10.6 Å². The summed E-state index contributed by atoms with van der Waals surface area (Å²) in [7, 11) is 0. The van der Waals surface area contributed by atoms with E-state index in [9.17, 15) is 4.79 Å². The second kappa shape index (κ2) is 6.41. The third-order valence-electron chi connectivity index (χ3n) is 3.48. The van der Waals surface area contributed by atoms with Gasteiger partial charge in [-0.15, -0.1) is 0 Å². The van der Waals surface area contributed by atoms with E-state index in [0.29, 0.717) is 12.2 Å². The Kier molecular flexibility index (Phi) is 4.60. The van der Waals surface area contributed by atoms with E-state index in [-0.39, 0.29) is 5.91 Å². The number of rotatable bonds is 4. The molecule has 0 aliphatic carbocycles. The molecule has 0 radical (unpaired) electrons. The zero-order valence-corrected chi connectivity index (χ0v) is 12.6. The van der Waals surface area contributed by atoms with Gasteiger partial charge in [-0.05, 0) is 61.2 Å². The number of hydrazine groups is 1. The zero-order chi connectivity index (χ0) is 15.4. The molecular weight excluding hydrogens is 264 g/mol. The van der Waals surface area contributed by atoms with Gasteiger partial charge in [0, 0.05) is 5.56 Å². The number of carbonyl (C=O) groups excluding carboxylic acids is 1. The number of amides is 1. The van der Waals surface area contributed by atoms with Crippen molar-refractivity contribution in [2.24, 2.45) is 5.84 Å². The summed E-state index contributed by atoms with van der Waals surface area (Å²) in [6, 6.07) is 11.4. The Morgan fingerprint density at radius 2 is 1.95 bits per heavy atom. The lowest BCUT2D eigenvalue weighted by atomic mass is 10.1. The molecule has 0 aromatic heterocycles. The predicted octanol–water partition coefficient (Wildman–Crippen LogP) is 2.79. The fourth-order valence-electron chi connectivity index (χ4n) is 2.20. The van der Waals surface area contributed by atoms with Crippen LogP contribution in [0.4, 0.5) is 0 Å². The van der Waals surface area contributed by atoms with Gasteiger partial charge in [0.05, 0.1) is 0 Å². The van der Waals surface area contributed by atoms with Gasteiger partial charge in [0.15, 0.2) is 0 Å². The van der Waals surface area contributed by atoms with Gasteiger partial charge in [0.1, 0.15) is 12.4 Å². The third-order valence-corrected chi connectivity index (χ3v) is 3.48. The molecule has 0 bridgehead atoms. The SMILES string of the molecule is Cc1cc(C)c(C)c(OCc2cccc(C(=O)NN)c2)c1. The van der Waals surface area contributed by atoms with Gasteiger partial charge in [0.25, 0.3) is 5.91 Å². The maximum absolute atomic E-state index is 11.5. The van der Waals surface area contributed by atoms with Crippen LogP contribution >= 0.6 is 0 Å². The number of nitrogens with one attached hydrogen (secondary N) is 1.